The summed E-state index contributed by atoms with van der Waals surface area (Å²) in [4.78, 5) is 26.9. The molecule has 15 heteroatoms. The highest BCUT2D eigenvalue weighted by molar-refractivity contribution is 7.23. The maximum Gasteiger partial charge on any atom is 0.319 e. The average molecular weight is 747 g/mol. The molecule has 1 unspecified atom stereocenters. The summed E-state index contributed by atoms with van der Waals surface area (Å²) in [6, 6.07) is 8.01. The van der Waals surface area contributed by atoms with E-state index in [1.54, 1.807) is 12.3 Å². The quantitative estimate of drug-likeness (QED) is 0.193. The van der Waals surface area contributed by atoms with E-state index in [0.717, 1.165) is 36.4 Å². The van der Waals surface area contributed by atoms with E-state index in [-0.39, 0.29) is 78.6 Å². The van der Waals surface area contributed by atoms with Crippen LogP contribution in [0.3, 0.4) is 0 Å². The number of hydrogen-bond donors (Lipinski definition) is 1. The Kier molecular flexibility index (Phi) is 7.91. The Morgan fingerprint density at radius 1 is 1.19 bits per heavy atom. The minimum absolute atomic E-state index is 0.0109. The van der Waals surface area contributed by atoms with E-state index in [9.17, 15) is 18.8 Å². The minimum Gasteiger partial charge on any atom is -0.461 e. The molecule has 3 aromatic heterocycles. The number of nitrogen functional groups attached to an aromatic ring is 1. The molecule has 5 atom stereocenters. The first-order valence-corrected chi connectivity index (χ1v) is 18.7. The fraction of sp³-hybridized carbons (Fsp3) is 0.432. The van der Waals surface area contributed by atoms with Gasteiger partial charge in [-0.05, 0) is 74.8 Å². The Balaban J connectivity index is 1.12. The second-order valence-electron chi connectivity index (χ2n) is 14.7. The minimum atomic E-state index is -0.951. The second kappa shape index (κ2) is 12.3. The summed E-state index contributed by atoms with van der Waals surface area (Å²) >= 11 is 7.81. The van der Waals surface area contributed by atoms with Crippen LogP contribution in [-0.4, -0.2) is 75.1 Å². The van der Waals surface area contributed by atoms with Gasteiger partial charge in [0, 0.05) is 54.5 Å². The molecule has 3 aliphatic heterocycles. The van der Waals surface area contributed by atoms with Crippen LogP contribution in [0, 0.1) is 47.6 Å². The first-order chi connectivity index (χ1) is 25.0. The highest BCUT2D eigenvalue weighted by Gasteiger charge is 2.50. The lowest BCUT2D eigenvalue weighted by molar-refractivity contribution is 0.0814. The molecule has 2 aromatic carbocycles. The summed E-state index contributed by atoms with van der Waals surface area (Å²) in [5.41, 5.74) is 6.56. The molecule has 10 nitrogen and oxygen atoms in total. The maximum absolute atomic E-state index is 17.1. The molecule has 5 aromatic rings. The van der Waals surface area contributed by atoms with Crippen molar-refractivity contribution in [3.05, 3.63) is 58.4 Å². The number of thiophene rings is 1. The van der Waals surface area contributed by atoms with Crippen LogP contribution in [0.2, 0.25) is 5.02 Å². The van der Waals surface area contributed by atoms with Crippen LogP contribution >= 0.6 is 22.9 Å². The molecule has 0 spiro atoms. The van der Waals surface area contributed by atoms with Gasteiger partial charge in [-0.2, -0.15) is 20.3 Å². The normalized spacial score (nSPS) is 25.7. The number of carbonyl (C=O) groups is 1. The van der Waals surface area contributed by atoms with Crippen LogP contribution in [0.4, 0.5) is 24.0 Å². The molecule has 268 valence electrons. The average Bonchev–Trinajstić information content (AvgIpc) is 3.95. The number of nitriles is 1. The van der Waals surface area contributed by atoms with Crippen molar-refractivity contribution in [3.63, 3.8) is 0 Å². The molecule has 4 fully saturated rings. The van der Waals surface area contributed by atoms with Crippen molar-refractivity contribution in [1.29, 1.82) is 5.26 Å². The zero-order valence-corrected chi connectivity index (χ0v) is 29.8. The summed E-state index contributed by atoms with van der Waals surface area (Å²) in [6.07, 6.45) is 4.20. The molecular weight excluding hydrogens is 713 g/mol. The van der Waals surface area contributed by atoms with Crippen molar-refractivity contribution in [2.45, 2.75) is 50.7 Å². The van der Waals surface area contributed by atoms with Crippen molar-refractivity contribution in [1.82, 2.24) is 24.6 Å². The molecule has 52 heavy (non-hydrogen) atoms. The zero-order chi connectivity index (χ0) is 36.1. The van der Waals surface area contributed by atoms with E-state index in [4.69, 9.17) is 27.1 Å². The number of benzene rings is 2. The van der Waals surface area contributed by atoms with Gasteiger partial charge in [0.15, 0.2) is 5.82 Å². The first-order valence-electron chi connectivity index (χ1n) is 17.5. The van der Waals surface area contributed by atoms with Crippen LogP contribution in [0.15, 0.2) is 30.5 Å². The number of carbonyl (C=O) groups excluding carboxylic acids is 1. The summed E-state index contributed by atoms with van der Waals surface area (Å²) < 4.78 is 54.5. The van der Waals surface area contributed by atoms with E-state index < -0.39 is 23.3 Å². The number of anilines is 2. The molecule has 9 rings (SSSR count). The number of rotatable bonds is 6. The number of nitrogens with two attached hydrogens (primary N) is 1. The van der Waals surface area contributed by atoms with Gasteiger partial charge in [-0.3, -0.25) is 9.69 Å². The number of aromatic nitrogens is 4. The number of ether oxygens (including phenoxy) is 1. The highest BCUT2D eigenvalue weighted by Crippen LogP contribution is 2.48. The molecule has 0 radical (unpaired) electrons. The Hall–Kier alpha value is -4.45. The second-order valence-corrected chi connectivity index (χ2v) is 16.2. The Labute approximate surface area is 305 Å². The van der Waals surface area contributed by atoms with Crippen molar-refractivity contribution < 1.29 is 22.7 Å². The number of halogens is 4. The van der Waals surface area contributed by atoms with Gasteiger partial charge in [0.1, 0.15) is 41.0 Å². The molecule has 4 aliphatic rings. The van der Waals surface area contributed by atoms with E-state index in [2.05, 4.69) is 19.9 Å². The monoisotopic (exact) mass is 746 g/mol. The summed E-state index contributed by atoms with van der Waals surface area (Å²) in [5, 5.41) is 14.9. The number of aryl methyl sites for hydroxylation is 1. The summed E-state index contributed by atoms with van der Waals surface area (Å²) in [6.45, 7) is 4.31. The van der Waals surface area contributed by atoms with E-state index >= 15 is 4.39 Å². The number of hydrogen-bond acceptors (Lipinski definition) is 10. The molecule has 0 amide bonds. The fourth-order valence-electron chi connectivity index (χ4n) is 9.27. The standard InChI is InChI=1S/C37H34ClF3N8O2S/c1-18-5-8-49(46-18)35(50)19-9-20-14-47(15-21(20)10-19)34-24-11-26(38)29(23-3-4-27(40)32-28(23)25(13-42)33(43)52-32)30(41)31(24)44-36(45-34)51-17-37-6-2-7-48(37)16-22(39)12-37/h3-5,8,11,19-22H,2,6-7,9-10,12,14-17,43H2,1H3/t19?,20-,21+,22-,37+/m1/s1. The Morgan fingerprint density at radius 3 is 2.71 bits per heavy atom. The topological polar surface area (TPSA) is 126 Å². The van der Waals surface area contributed by atoms with Gasteiger partial charge in [0.05, 0.1) is 26.5 Å². The maximum atomic E-state index is 17.1. The van der Waals surface area contributed by atoms with Gasteiger partial charge < -0.3 is 15.4 Å². The van der Waals surface area contributed by atoms with Crippen molar-refractivity contribution in [2.24, 2.45) is 17.8 Å². The largest absolute Gasteiger partial charge is 0.461 e. The highest BCUT2D eigenvalue weighted by atomic mass is 35.5. The van der Waals surface area contributed by atoms with Gasteiger partial charge >= 0.3 is 6.01 Å². The SMILES string of the molecule is Cc1ccn(C(=O)C2C[C@@H]3CN(c4nc(OC[C@@]56CCCN5C[C@H](F)C6)nc5c(F)c(-c6ccc(F)c7sc(N)c(C#N)c67)c(Cl)cc45)C[C@@H]3C2)n1. The lowest BCUT2D eigenvalue weighted by Gasteiger charge is -2.31. The number of nitrogens with zero attached hydrogens (tertiary/aromatic N) is 7. The molecule has 1 aliphatic carbocycles. The van der Waals surface area contributed by atoms with Crippen molar-refractivity contribution >= 4 is 60.7 Å². The fourth-order valence-corrected chi connectivity index (χ4v) is 10.5. The predicted molar refractivity (Wildman–Crippen MR) is 192 cm³/mol. The summed E-state index contributed by atoms with van der Waals surface area (Å²) in [7, 11) is 0. The molecule has 6 heterocycles. The molecule has 3 saturated heterocycles. The van der Waals surface area contributed by atoms with Gasteiger partial charge in [-0.25, -0.2) is 17.9 Å². The Morgan fingerprint density at radius 2 is 1.98 bits per heavy atom. The van der Waals surface area contributed by atoms with Crippen LogP contribution in [0.25, 0.3) is 32.1 Å². The third-order valence-corrected chi connectivity index (χ3v) is 12.9. The third-order valence-electron chi connectivity index (χ3n) is 11.6. The lowest BCUT2D eigenvalue weighted by atomic mass is 9.95. The van der Waals surface area contributed by atoms with E-state index in [1.165, 1.54) is 16.8 Å². The Bertz CT molecular complexity index is 2330. The molecule has 0 bridgehead atoms. The van der Waals surface area contributed by atoms with Gasteiger partial charge in [0.2, 0.25) is 5.91 Å². The van der Waals surface area contributed by atoms with Crippen molar-refractivity contribution in [3.8, 4) is 23.2 Å². The van der Waals surface area contributed by atoms with Gasteiger partial charge in [0.25, 0.3) is 0 Å². The van der Waals surface area contributed by atoms with Crippen LogP contribution in [-0.2, 0) is 0 Å². The molecule has 2 N–H and O–H groups in total. The van der Waals surface area contributed by atoms with Crippen LogP contribution in [0.5, 0.6) is 6.01 Å². The molecule has 1 saturated carbocycles. The predicted octanol–water partition coefficient (Wildman–Crippen LogP) is 7.16. The summed E-state index contributed by atoms with van der Waals surface area (Å²) in [5.74, 6) is -0.669. The van der Waals surface area contributed by atoms with Crippen LogP contribution < -0.4 is 15.4 Å². The smallest absolute Gasteiger partial charge is 0.319 e. The lowest BCUT2D eigenvalue weighted by Crippen LogP contribution is -2.43. The zero-order valence-electron chi connectivity index (χ0n) is 28.2. The van der Waals surface area contributed by atoms with Crippen molar-refractivity contribution in [2.75, 3.05) is 43.4 Å². The van der Waals surface area contributed by atoms with Gasteiger partial charge in [-0.15, -0.1) is 11.3 Å². The van der Waals surface area contributed by atoms with E-state index in [1.807, 2.05) is 19.1 Å². The number of fused-ring (bicyclic) bond motifs is 4. The van der Waals surface area contributed by atoms with E-state index in [0.29, 0.717) is 50.1 Å². The molecular formula is C37H34ClF3N8O2S. The van der Waals surface area contributed by atoms with Crippen LogP contribution in [0.1, 0.15) is 48.2 Å². The van der Waals surface area contributed by atoms with Gasteiger partial charge in [-0.1, -0.05) is 17.7 Å². The number of alkyl halides is 1. The first kappa shape index (κ1) is 33.4. The third kappa shape index (κ3) is 5.22.